The molecule has 2 aromatic carbocycles. The molecule has 1 aliphatic heterocycles. The summed E-state index contributed by atoms with van der Waals surface area (Å²) in [7, 11) is 0. The molecule has 4 rings (SSSR count). The van der Waals surface area contributed by atoms with Gasteiger partial charge in [-0.25, -0.2) is 0 Å². The highest BCUT2D eigenvalue weighted by Crippen LogP contribution is 2.35. The first-order valence-corrected chi connectivity index (χ1v) is 7.32. The summed E-state index contributed by atoms with van der Waals surface area (Å²) in [6.45, 7) is 0.196. The van der Waals surface area contributed by atoms with E-state index in [9.17, 15) is 4.79 Å². The van der Waals surface area contributed by atoms with Gasteiger partial charge in [0.1, 0.15) is 0 Å². The van der Waals surface area contributed by atoms with Crippen molar-refractivity contribution in [1.29, 1.82) is 0 Å². The second-order valence-electron chi connectivity index (χ2n) is 5.26. The van der Waals surface area contributed by atoms with Gasteiger partial charge in [-0.05, 0) is 18.2 Å². The number of carbonyl (C=O) groups is 1. The molecule has 0 unspecified atom stereocenters. The normalized spacial score (nSPS) is 12.3. The summed E-state index contributed by atoms with van der Waals surface area (Å²) in [6.07, 6.45) is 1.93. The molecule has 0 saturated heterocycles. The Bertz CT molecular complexity index is 887. The highest BCUT2D eigenvalue weighted by Gasteiger charge is 2.19. The van der Waals surface area contributed by atoms with Crippen LogP contribution in [0.4, 0.5) is 5.69 Å². The minimum Gasteiger partial charge on any atom is -0.454 e. The summed E-state index contributed by atoms with van der Waals surface area (Å²) in [5.41, 5.74) is 2.30. The molecule has 5 heteroatoms. The Balaban J connectivity index is 1.58. The number of aromatic nitrogens is 1. The molecule has 0 saturated carbocycles. The van der Waals surface area contributed by atoms with Crippen LogP contribution < -0.4 is 14.8 Å². The summed E-state index contributed by atoms with van der Waals surface area (Å²) in [5.74, 6) is 1.22. The quantitative estimate of drug-likeness (QED) is 0.807. The molecule has 1 aromatic heterocycles. The van der Waals surface area contributed by atoms with Crippen LogP contribution >= 0.6 is 0 Å². The Morgan fingerprint density at radius 1 is 1.09 bits per heavy atom. The molecule has 1 aliphatic rings. The number of hydrogen-bond acceptors (Lipinski definition) is 4. The molecule has 1 N–H and O–H groups in total. The van der Waals surface area contributed by atoms with E-state index in [1.807, 2.05) is 48.5 Å². The fraction of sp³-hybridized carbons (Fsp3) is 0.111. The fourth-order valence-corrected chi connectivity index (χ4v) is 2.70. The van der Waals surface area contributed by atoms with Gasteiger partial charge in [0.15, 0.2) is 11.5 Å². The zero-order valence-corrected chi connectivity index (χ0v) is 12.3. The number of amides is 1. The zero-order valence-electron chi connectivity index (χ0n) is 12.3. The maximum absolute atomic E-state index is 12.4. The number of anilines is 1. The Labute approximate surface area is 132 Å². The molecule has 5 nitrogen and oxygen atoms in total. The average Bonchev–Trinajstić information content (AvgIpc) is 3.05. The van der Waals surface area contributed by atoms with E-state index in [-0.39, 0.29) is 19.1 Å². The summed E-state index contributed by atoms with van der Waals surface area (Å²) >= 11 is 0. The molecule has 0 atom stereocenters. The van der Waals surface area contributed by atoms with Crippen LogP contribution in [0.2, 0.25) is 0 Å². The maximum atomic E-state index is 12.4. The van der Waals surface area contributed by atoms with E-state index in [1.54, 1.807) is 6.20 Å². The van der Waals surface area contributed by atoms with E-state index >= 15 is 0 Å². The lowest BCUT2D eigenvalue weighted by Crippen LogP contribution is -2.15. The Morgan fingerprint density at radius 3 is 2.91 bits per heavy atom. The number of pyridine rings is 1. The van der Waals surface area contributed by atoms with Gasteiger partial charge in [-0.1, -0.05) is 30.3 Å². The van der Waals surface area contributed by atoms with Crippen LogP contribution in [-0.2, 0) is 11.2 Å². The summed E-state index contributed by atoms with van der Waals surface area (Å²) in [5, 5.41) is 3.92. The fourth-order valence-electron chi connectivity index (χ4n) is 2.70. The van der Waals surface area contributed by atoms with Gasteiger partial charge in [0.2, 0.25) is 12.7 Å². The molecule has 0 radical (unpaired) electrons. The number of para-hydroxylation sites is 2. The highest BCUT2D eigenvalue weighted by molar-refractivity contribution is 6.01. The number of carbonyl (C=O) groups excluding carboxylic acids is 1. The predicted octanol–water partition coefficient (Wildman–Crippen LogP) is 3.14. The SMILES string of the molecule is O=C(Cc1cccc2c1OCO2)Nc1cccc2cccnc12. The smallest absolute Gasteiger partial charge is 0.231 e. The van der Waals surface area contributed by atoms with Gasteiger partial charge < -0.3 is 14.8 Å². The van der Waals surface area contributed by atoms with E-state index in [0.29, 0.717) is 17.2 Å². The number of hydrogen-bond donors (Lipinski definition) is 1. The number of nitrogens with one attached hydrogen (secondary N) is 1. The van der Waals surface area contributed by atoms with Crippen molar-refractivity contribution in [3.05, 3.63) is 60.3 Å². The van der Waals surface area contributed by atoms with Crippen LogP contribution in [-0.4, -0.2) is 17.7 Å². The van der Waals surface area contributed by atoms with Crippen molar-refractivity contribution < 1.29 is 14.3 Å². The first-order valence-electron chi connectivity index (χ1n) is 7.32. The highest BCUT2D eigenvalue weighted by atomic mass is 16.7. The number of rotatable bonds is 3. The molecule has 114 valence electrons. The first-order chi connectivity index (χ1) is 11.3. The van der Waals surface area contributed by atoms with E-state index < -0.39 is 0 Å². The van der Waals surface area contributed by atoms with Crippen molar-refractivity contribution in [3.8, 4) is 11.5 Å². The molecule has 1 amide bonds. The summed E-state index contributed by atoms with van der Waals surface area (Å²) in [4.78, 5) is 16.7. The van der Waals surface area contributed by atoms with Crippen molar-refractivity contribution in [1.82, 2.24) is 4.98 Å². The topological polar surface area (TPSA) is 60.5 Å². The number of benzene rings is 2. The van der Waals surface area contributed by atoms with Gasteiger partial charge in [0, 0.05) is 17.1 Å². The number of nitrogens with zero attached hydrogens (tertiary/aromatic N) is 1. The molecule has 23 heavy (non-hydrogen) atoms. The van der Waals surface area contributed by atoms with Crippen LogP contribution in [0.25, 0.3) is 10.9 Å². The van der Waals surface area contributed by atoms with Crippen LogP contribution in [0.15, 0.2) is 54.7 Å². The average molecular weight is 306 g/mol. The summed E-state index contributed by atoms with van der Waals surface area (Å²) in [6, 6.07) is 15.1. The van der Waals surface area contributed by atoms with Gasteiger partial charge in [-0.3, -0.25) is 9.78 Å². The first kappa shape index (κ1) is 13.6. The molecule has 2 heterocycles. The van der Waals surface area contributed by atoms with E-state index in [2.05, 4.69) is 10.3 Å². The van der Waals surface area contributed by atoms with Crippen LogP contribution in [0.3, 0.4) is 0 Å². The van der Waals surface area contributed by atoms with Crippen molar-refractivity contribution in [2.24, 2.45) is 0 Å². The van der Waals surface area contributed by atoms with Gasteiger partial charge in [0.25, 0.3) is 0 Å². The minimum atomic E-state index is -0.118. The third-order valence-corrected chi connectivity index (χ3v) is 3.74. The van der Waals surface area contributed by atoms with E-state index in [4.69, 9.17) is 9.47 Å². The van der Waals surface area contributed by atoms with Crippen LogP contribution in [0.5, 0.6) is 11.5 Å². The van der Waals surface area contributed by atoms with Crippen molar-refractivity contribution in [3.63, 3.8) is 0 Å². The summed E-state index contributed by atoms with van der Waals surface area (Å²) < 4.78 is 10.8. The van der Waals surface area contributed by atoms with Crippen molar-refractivity contribution in [2.45, 2.75) is 6.42 Å². The lowest BCUT2D eigenvalue weighted by molar-refractivity contribution is -0.115. The lowest BCUT2D eigenvalue weighted by atomic mass is 10.1. The Morgan fingerprint density at radius 2 is 1.96 bits per heavy atom. The molecule has 0 spiro atoms. The molecule has 0 aliphatic carbocycles. The second-order valence-corrected chi connectivity index (χ2v) is 5.26. The largest absolute Gasteiger partial charge is 0.454 e. The number of fused-ring (bicyclic) bond motifs is 2. The minimum absolute atomic E-state index is 0.118. The van der Waals surface area contributed by atoms with Crippen LogP contribution in [0, 0.1) is 0 Å². The predicted molar refractivity (Wildman–Crippen MR) is 86.6 cm³/mol. The Hall–Kier alpha value is -3.08. The van der Waals surface area contributed by atoms with Gasteiger partial charge >= 0.3 is 0 Å². The third-order valence-electron chi connectivity index (χ3n) is 3.74. The van der Waals surface area contributed by atoms with Crippen molar-refractivity contribution >= 4 is 22.5 Å². The van der Waals surface area contributed by atoms with Crippen molar-refractivity contribution in [2.75, 3.05) is 12.1 Å². The molecular weight excluding hydrogens is 292 g/mol. The van der Waals surface area contributed by atoms with E-state index in [0.717, 1.165) is 16.5 Å². The van der Waals surface area contributed by atoms with Gasteiger partial charge in [0.05, 0.1) is 17.6 Å². The number of ether oxygens (including phenoxy) is 2. The maximum Gasteiger partial charge on any atom is 0.231 e. The Kier molecular flexibility index (Phi) is 3.31. The lowest BCUT2D eigenvalue weighted by Gasteiger charge is -2.09. The second kappa shape index (κ2) is 5.61. The zero-order chi connectivity index (χ0) is 15.6. The molecular formula is C18H14N2O3. The molecule has 0 fully saturated rings. The molecule has 0 bridgehead atoms. The third kappa shape index (κ3) is 2.57. The van der Waals surface area contributed by atoms with Gasteiger partial charge in [-0.2, -0.15) is 0 Å². The monoisotopic (exact) mass is 306 g/mol. The van der Waals surface area contributed by atoms with E-state index in [1.165, 1.54) is 0 Å². The van der Waals surface area contributed by atoms with Crippen LogP contribution in [0.1, 0.15) is 5.56 Å². The van der Waals surface area contributed by atoms with Gasteiger partial charge in [-0.15, -0.1) is 0 Å². The standard InChI is InChI=1S/C18H14N2O3/c21-16(10-13-5-2-8-15-18(13)23-11-22-15)20-14-7-1-4-12-6-3-9-19-17(12)14/h1-9H,10-11H2,(H,20,21). The molecule has 3 aromatic rings.